The summed E-state index contributed by atoms with van der Waals surface area (Å²) in [6, 6.07) is 7.93. The van der Waals surface area contributed by atoms with E-state index in [0.717, 1.165) is 44.5 Å². The van der Waals surface area contributed by atoms with Crippen molar-refractivity contribution in [2.24, 2.45) is 0 Å². The van der Waals surface area contributed by atoms with Gasteiger partial charge in [0.15, 0.2) is 0 Å². The summed E-state index contributed by atoms with van der Waals surface area (Å²) >= 11 is 0. The van der Waals surface area contributed by atoms with E-state index in [-0.39, 0.29) is 11.5 Å². The van der Waals surface area contributed by atoms with E-state index in [1.54, 1.807) is 14.2 Å². The normalized spacial score (nSPS) is 22.2. The molecule has 1 fully saturated rings. The Labute approximate surface area is 133 Å². The summed E-state index contributed by atoms with van der Waals surface area (Å²) in [7, 11) is 3.42. The smallest absolute Gasteiger partial charge is 0.222 e. The van der Waals surface area contributed by atoms with Crippen LogP contribution in [0.5, 0.6) is 5.75 Å². The van der Waals surface area contributed by atoms with E-state index in [9.17, 15) is 4.79 Å². The molecule has 4 nitrogen and oxygen atoms in total. The van der Waals surface area contributed by atoms with Crippen molar-refractivity contribution < 1.29 is 14.3 Å². The maximum absolute atomic E-state index is 12.4. The van der Waals surface area contributed by atoms with Gasteiger partial charge in [0.25, 0.3) is 0 Å². The maximum Gasteiger partial charge on any atom is 0.222 e. The fourth-order valence-corrected chi connectivity index (χ4v) is 2.91. The first-order chi connectivity index (χ1) is 10.6. The van der Waals surface area contributed by atoms with Gasteiger partial charge in [-0.15, -0.1) is 0 Å². The summed E-state index contributed by atoms with van der Waals surface area (Å²) in [4.78, 5) is 14.4. The molecule has 22 heavy (non-hydrogen) atoms. The number of nitrogens with zero attached hydrogens (tertiary/aromatic N) is 1. The van der Waals surface area contributed by atoms with Crippen molar-refractivity contribution in [2.75, 3.05) is 27.3 Å². The molecule has 1 aromatic carbocycles. The third kappa shape index (κ3) is 4.47. The number of carbonyl (C=O) groups excluding carboxylic acids is 1. The van der Waals surface area contributed by atoms with Crippen LogP contribution in [0.15, 0.2) is 24.3 Å². The fourth-order valence-electron chi connectivity index (χ4n) is 2.91. The molecule has 0 aromatic heterocycles. The molecule has 0 saturated carbocycles. The Bertz CT molecular complexity index is 486. The van der Waals surface area contributed by atoms with Crippen molar-refractivity contribution in [1.82, 2.24) is 4.90 Å². The number of hydrogen-bond donors (Lipinski definition) is 0. The van der Waals surface area contributed by atoms with Gasteiger partial charge >= 0.3 is 0 Å². The third-order valence-corrected chi connectivity index (χ3v) is 4.68. The minimum Gasteiger partial charge on any atom is -0.497 e. The lowest BCUT2D eigenvalue weighted by Crippen LogP contribution is -2.34. The molecule has 1 amide bonds. The van der Waals surface area contributed by atoms with Gasteiger partial charge in [-0.05, 0) is 50.3 Å². The number of carbonyl (C=O) groups is 1. The average molecular weight is 305 g/mol. The van der Waals surface area contributed by atoms with Crippen LogP contribution < -0.4 is 4.74 Å². The predicted octanol–water partition coefficient (Wildman–Crippen LogP) is 3.05. The molecule has 1 aliphatic heterocycles. The highest BCUT2D eigenvalue weighted by molar-refractivity contribution is 5.76. The summed E-state index contributed by atoms with van der Waals surface area (Å²) in [5.41, 5.74) is 1.09. The van der Waals surface area contributed by atoms with Gasteiger partial charge in [0.2, 0.25) is 5.91 Å². The zero-order valence-electron chi connectivity index (χ0n) is 13.9. The van der Waals surface area contributed by atoms with E-state index in [2.05, 4.69) is 6.92 Å². The van der Waals surface area contributed by atoms with Crippen LogP contribution in [-0.2, 0) is 16.0 Å². The van der Waals surface area contributed by atoms with Gasteiger partial charge in [-0.2, -0.15) is 0 Å². The van der Waals surface area contributed by atoms with Crippen LogP contribution in [0.3, 0.4) is 0 Å². The molecule has 122 valence electrons. The summed E-state index contributed by atoms with van der Waals surface area (Å²) < 4.78 is 10.7. The summed E-state index contributed by atoms with van der Waals surface area (Å²) in [6.07, 6.45) is 4.29. The number of benzene rings is 1. The molecule has 0 spiro atoms. The van der Waals surface area contributed by atoms with Gasteiger partial charge in [-0.1, -0.05) is 12.1 Å². The Kier molecular flexibility index (Phi) is 5.83. The number of amides is 1. The van der Waals surface area contributed by atoms with Crippen molar-refractivity contribution in [2.45, 2.75) is 44.6 Å². The Morgan fingerprint density at radius 1 is 1.18 bits per heavy atom. The predicted molar refractivity (Wildman–Crippen MR) is 87.2 cm³/mol. The molecule has 2 rings (SSSR count). The highest BCUT2D eigenvalue weighted by atomic mass is 16.5. The van der Waals surface area contributed by atoms with Crippen molar-refractivity contribution in [1.29, 1.82) is 0 Å². The van der Waals surface area contributed by atoms with E-state index < -0.39 is 0 Å². The van der Waals surface area contributed by atoms with Gasteiger partial charge < -0.3 is 14.4 Å². The number of aryl methyl sites for hydroxylation is 1. The SMILES string of the molecule is COc1ccc(CCC(=O)N2CCC[C@](C)(OC)CC2)cc1. The second-order valence-corrected chi connectivity index (χ2v) is 6.24. The van der Waals surface area contributed by atoms with Gasteiger partial charge in [0, 0.05) is 26.6 Å². The minimum atomic E-state index is -0.0784. The van der Waals surface area contributed by atoms with Crippen LogP contribution in [0, 0.1) is 0 Å². The van der Waals surface area contributed by atoms with Gasteiger partial charge in [-0.3, -0.25) is 4.79 Å². The lowest BCUT2D eigenvalue weighted by molar-refractivity contribution is -0.131. The first-order valence-corrected chi connectivity index (χ1v) is 8.02. The minimum absolute atomic E-state index is 0.0784. The zero-order valence-corrected chi connectivity index (χ0v) is 13.9. The molecule has 4 heteroatoms. The van der Waals surface area contributed by atoms with E-state index in [1.165, 1.54) is 5.56 Å². The fraction of sp³-hybridized carbons (Fsp3) is 0.611. The molecule has 0 unspecified atom stereocenters. The van der Waals surface area contributed by atoms with Crippen LogP contribution >= 0.6 is 0 Å². The van der Waals surface area contributed by atoms with Crippen LogP contribution in [0.1, 0.15) is 38.2 Å². The van der Waals surface area contributed by atoms with Crippen LogP contribution in [0.4, 0.5) is 0 Å². The Hall–Kier alpha value is -1.55. The summed E-state index contributed by atoms with van der Waals surface area (Å²) in [5.74, 6) is 1.10. The lowest BCUT2D eigenvalue weighted by atomic mass is 9.97. The number of hydrogen-bond acceptors (Lipinski definition) is 3. The standard InChI is InChI=1S/C18H27NO3/c1-18(22-3)11-4-13-19(14-12-18)17(20)10-7-15-5-8-16(21-2)9-6-15/h5-6,8-9H,4,7,10-14H2,1-3H3/t18-/m0/s1. The number of methoxy groups -OCH3 is 2. The lowest BCUT2D eigenvalue weighted by Gasteiger charge is -2.26. The van der Waals surface area contributed by atoms with Crippen molar-refractivity contribution >= 4 is 5.91 Å². The monoisotopic (exact) mass is 305 g/mol. The molecular weight excluding hydrogens is 278 g/mol. The van der Waals surface area contributed by atoms with E-state index in [4.69, 9.17) is 9.47 Å². The Morgan fingerprint density at radius 2 is 1.91 bits per heavy atom. The van der Waals surface area contributed by atoms with Gasteiger partial charge in [0.1, 0.15) is 5.75 Å². The molecule has 1 heterocycles. The quantitative estimate of drug-likeness (QED) is 0.839. The molecule has 1 atom stereocenters. The highest BCUT2D eigenvalue weighted by Crippen LogP contribution is 2.25. The summed E-state index contributed by atoms with van der Waals surface area (Å²) in [5, 5.41) is 0. The molecular formula is C18H27NO3. The maximum atomic E-state index is 12.4. The molecule has 0 bridgehead atoms. The van der Waals surface area contributed by atoms with Crippen molar-refractivity contribution in [3.05, 3.63) is 29.8 Å². The number of likely N-dealkylation sites (tertiary alicyclic amines) is 1. The van der Waals surface area contributed by atoms with E-state index in [1.807, 2.05) is 29.2 Å². The molecule has 1 aliphatic rings. The highest BCUT2D eigenvalue weighted by Gasteiger charge is 2.28. The second kappa shape index (κ2) is 7.63. The Morgan fingerprint density at radius 3 is 2.55 bits per heavy atom. The Balaban J connectivity index is 1.84. The number of ether oxygens (including phenoxy) is 2. The molecule has 1 aromatic rings. The molecule has 1 saturated heterocycles. The van der Waals surface area contributed by atoms with E-state index in [0.29, 0.717) is 6.42 Å². The summed E-state index contributed by atoms with van der Waals surface area (Å²) in [6.45, 7) is 3.78. The zero-order chi connectivity index (χ0) is 16.0. The molecule has 0 N–H and O–H groups in total. The molecule has 0 aliphatic carbocycles. The first-order valence-electron chi connectivity index (χ1n) is 8.02. The van der Waals surface area contributed by atoms with Crippen LogP contribution in [0.2, 0.25) is 0 Å². The second-order valence-electron chi connectivity index (χ2n) is 6.24. The van der Waals surface area contributed by atoms with Crippen LogP contribution in [0.25, 0.3) is 0 Å². The van der Waals surface area contributed by atoms with Crippen molar-refractivity contribution in [3.63, 3.8) is 0 Å². The average Bonchev–Trinajstić information content (AvgIpc) is 2.75. The van der Waals surface area contributed by atoms with E-state index >= 15 is 0 Å². The topological polar surface area (TPSA) is 38.8 Å². The van der Waals surface area contributed by atoms with Crippen LogP contribution in [-0.4, -0.2) is 43.7 Å². The molecule has 0 radical (unpaired) electrons. The number of rotatable bonds is 5. The third-order valence-electron chi connectivity index (χ3n) is 4.68. The van der Waals surface area contributed by atoms with Gasteiger partial charge in [-0.25, -0.2) is 0 Å². The largest absolute Gasteiger partial charge is 0.497 e. The first kappa shape index (κ1) is 16.8. The van der Waals surface area contributed by atoms with Gasteiger partial charge in [0.05, 0.1) is 12.7 Å². The van der Waals surface area contributed by atoms with Crippen molar-refractivity contribution in [3.8, 4) is 5.75 Å².